The number of nitrogens with zero attached hydrogens (tertiary/aromatic N) is 3. The molecule has 0 N–H and O–H groups in total. The van der Waals surface area contributed by atoms with Gasteiger partial charge < -0.3 is 9.32 Å². The van der Waals surface area contributed by atoms with E-state index in [1.54, 1.807) is 29.0 Å². The number of ketones is 1. The van der Waals surface area contributed by atoms with Gasteiger partial charge in [-0.2, -0.15) is 5.10 Å². The molecule has 0 radical (unpaired) electrons. The van der Waals surface area contributed by atoms with Crippen molar-refractivity contribution in [3.63, 3.8) is 0 Å². The number of carbonyl (C=O) groups is 2. The van der Waals surface area contributed by atoms with Crippen LogP contribution in [0.15, 0.2) is 22.9 Å². The van der Waals surface area contributed by atoms with Crippen molar-refractivity contribution in [1.29, 1.82) is 0 Å². The molecule has 1 atom stereocenters. The monoisotopic (exact) mass is 329 g/mol. The minimum atomic E-state index is -0.103. The normalized spacial score (nSPS) is 17.5. The Hall–Kier alpha value is -2.37. The number of likely N-dealkylation sites (tertiary alicyclic amines) is 1. The Kier molecular flexibility index (Phi) is 4.55. The van der Waals surface area contributed by atoms with E-state index < -0.39 is 0 Å². The van der Waals surface area contributed by atoms with Crippen LogP contribution in [0.5, 0.6) is 0 Å². The fourth-order valence-corrected chi connectivity index (χ4v) is 3.28. The molecule has 0 saturated carbocycles. The molecule has 3 rings (SSSR count). The van der Waals surface area contributed by atoms with E-state index in [-0.39, 0.29) is 17.7 Å². The second kappa shape index (κ2) is 6.63. The van der Waals surface area contributed by atoms with Gasteiger partial charge in [0.25, 0.3) is 5.91 Å². The molecule has 2 aromatic heterocycles. The third kappa shape index (κ3) is 3.13. The van der Waals surface area contributed by atoms with E-state index in [1.165, 1.54) is 0 Å². The molecule has 1 aliphatic heterocycles. The van der Waals surface area contributed by atoms with Crippen LogP contribution in [0.25, 0.3) is 0 Å². The number of aromatic nitrogens is 2. The predicted molar refractivity (Wildman–Crippen MR) is 89.0 cm³/mol. The fourth-order valence-electron chi connectivity index (χ4n) is 3.28. The summed E-state index contributed by atoms with van der Waals surface area (Å²) in [6.45, 7) is 4.56. The van der Waals surface area contributed by atoms with Gasteiger partial charge in [0, 0.05) is 44.2 Å². The second-order valence-corrected chi connectivity index (χ2v) is 6.40. The lowest BCUT2D eigenvalue weighted by atomic mass is 10.0. The SMILES string of the molecule is CCc1cc(C)c(C(=O)N2CCC[C@H]2CC(=O)c2cnn(C)c2)o1. The first kappa shape index (κ1) is 16.5. The molecule has 128 valence electrons. The Labute approximate surface area is 141 Å². The lowest BCUT2D eigenvalue weighted by molar-refractivity contribution is 0.0684. The Bertz CT molecular complexity index is 759. The van der Waals surface area contributed by atoms with Crippen molar-refractivity contribution in [2.24, 2.45) is 7.05 Å². The Morgan fingerprint density at radius 2 is 2.21 bits per heavy atom. The van der Waals surface area contributed by atoms with Crippen LogP contribution in [-0.2, 0) is 13.5 Å². The lowest BCUT2D eigenvalue weighted by Gasteiger charge is -2.23. The van der Waals surface area contributed by atoms with Crippen molar-refractivity contribution in [3.05, 3.63) is 41.1 Å². The van der Waals surface area contributed by atoms with Crippen molar-refractivity contribution >= 4 is 11.7 Å². The molecule has 24 heavy (non-hydrogen) atoms. The third-order valence-corrected chi connectivity index (χ3v) is 4.60. The molecule has 1 saturated heterocycles. The summed E-state index contributed by atoms with van der Waals surface area (Å²) >= 11 is 0. The van der Waals surface area contributed by atoms with Gasteiger partial charge in [-0.1, -0.05) is 6.92 Å². The summed E-state index contributed by atoms with van der Waals surface area (Å²) in [7, 11) is 1.78. The summed E-state index contributed by atoms with van der Waals surface area (Å²) in [6.07, 6.45) is 6.14. The van der Waals surface area contributed by atoms with Gasteiger partial charge in [-0.05, 0) is 25.8 Å². The number of aryl methyl sites for hydroxylation is 3. The fraction of sp³-hybridized carbons (Fsp3) is 0.500. The van der Waals surface area contributed by atoms with Gasteiger partial charge in [-0.3, -0.25) is 14.3 Å². The molecule has 0 aromatic carbocycles. The van der Waals surface area contributed by atoms with E-state index in [2.05, 4.69) is 5.10 Å². The molecule has 0 aliphatic carbocycles. The molecule has 0 unspecified atom stereocenters. The van der Waals surface area contributed by atoms with Gasteiger partial charge in [0.15, 0.2) is 11.5 Å². The maximum atomic E-state index is 12.8. The zero-order valence-electron chi connectivity index (χ0n) is 14.4. The van der Waals surface area contributed by atoms with E-state index in [4.69, 9.17) is 4.42 Å². The van der Waals surface area contributed by atoms with Crippen LogP contribution in [-0.4, -0.2) is 39.0 Å². The number of furan rings is 1. The van der Waals surface area contributed by atoms with Crippen molar-refractivity contribution in [2.75, 3.05) is 6.54 Å². The highest BCUT2D eigenvalue weighted by Crippen LogP contribution is 2.26. The predicted octanol–water partition coefficient (Wildman–Crippen LogP) is 2.76. The first-order chi connectivity index (χ1) is 11.5. The van der Waals surface area contributed by atoms with E-state index in [0.29, 0.717) is 24.3 Å². The van der Waals surface area contributed by atoms with Crippen molar-refractivity contribution < 1.29 is 14.0 Å². The summed E-state index contributed by atoms with van der Waals surface area (Å²) in [6, 6.07) is 1.85. The summed E-state index contributed by atoms with van der Waals surface area (Å²) in [5, 5.41) is 4.04. The number of amides is 1. The molecule has 3 heterocycles. The van der Waals surface area contributed by atoms with Gasteiger partial charge in [0.2, 0.25) is 0 Å². The van der Waals surface area contributed by atoms with Crippen LogP contribution in [0, 0.1) is 6.92 Å². The van der Waals surface area contributed by atoms with Crippen LogP contribution in [0.2, 0.25) is 0 Å². The van der Waals surface area contributed by atoms with Gasteiger partial charge in [0.1, 0.15) is 5.76 Å². The van der Waals surface area contributed by atoms with Gasteiger partial charge in [-0.25, -0.2) is 0 Å². The zero-order chi connectivity index (χ0) is 17.3. The quantitative estimate of drug-likeness (QED) is 0.791. The number of rotatable bonds is 5. The first-order valence-corrected chi connectivity index (χ1v) is 8.41. The molecule has 6 heteroatoms. The topological polar surface area (TPSA) is 68.3 Å². The van der Waals surface area contributed by atoms with Crippen LogP contribution >= 0.6 is 0 Å². The molecule has 2 aromatic rings. The van der Waals surface area contributed by atoms with Gasteiger partial charge in [-0.15, -0.1) is 0 Å². The smallest absolute Gasteiger partial charge is 0.290 e. The highest BCUT2D eigenvalue weighted by Gasteiger charge is 2.33. The first-order valence-electron chi connectivity index (χ1n) is 8.41. The number of hydrogen-bond acceptors (Lipinski definition) is 4. The Morgan fingerprint density at radius 3 is 2.83 bits per heavy atom. The maximum absolute atomic E-state index is 12.8. The van der Waals surface area contributed by atoms with E-state index in [1.807, 2.05) is 19.9 Å². The standard InChI is InChI=1S/C18H23N3O3/c1-4-15-8-12(2)17(24-15)18(23)21-7-5-6-14(21)9-16(22)13-10-19-20(3)11-13/h8,10-11,14H,4-7,9H2,1-3H3/t14-/m0/s1. The van der Waals surface area contributed by atoms with Crippen LogP contribution in [0.4, 0.5) is 0 Å². The largest absolute Gasteiger partial charge is 0.456 e. The maximum Gasteiger partial charge on any atom is 0.290 e. The van der Waals surface area contributed by atoms with Gasteiger partial charge in [0.05, 0.1) is 11.8 Å². The van der Waals surface area contributed by atoms with Crippen molar-refractivity contribution in [1.82, 2.24) is 14.7 Å². The van der Waals surface area contributed by atoms with E-state index in [9.17, 15) is 9.59 Å². The van der Waals surface area contributed by atoms with Crippen molar-refractivity contribution in [2.45, 2.75) is 45.6 Å². The molecular formula is C18H23N3O3. The van der Waals surface area contributed by atoms with Crippen molar-refractivity contribution in [3.8, 4) is 0 Å². The second-order valence-electron chi connectivity index (χ2n) is 6.40. The highest BCUT2D eigenvalue weighted by atomic mass is 16.4. The van der Waals surface area contributed by atoms with E-state index in [0.717, 1.165) is 30.6 Å². The van der Waals surface area contributed by atoms with E-state index >= 15 is 0 Å². The molecule has 6 nitrogen and oxygen atoms in total. The van der Waals surface area contributed by atoms with Gasteiger partial charge >= 0.3 is 0 Å². The molecule has 1 fully saturated rings. The summed E-state index contributed by atoms with van der Waals surface area (Å²) in [4.78, 5) is 27.0. The lowest BCUT2D eigenvalue weighted by Crippen LogP contribution is -2.37. The molecule has 1 amide bonds. The Balaban J connectivity index is 1.74. The summed E-state index contributed by atoms with van der Waals surface area (Å²) in [5.41, 5.74) is 1.46. The van der Waals surface area contributed by atoms with Crippen LogP contribution < -0.4 is 0 Å². The van der Waals surface area contributed by atoms with Crippen LogP contribution in [0.1, 0.15) is 58.4 Å². The Morgan fingerprint density at radius 1 is 1.42 bits per heavy atom. The minimum Gasteiger partial charge on any atom is -0.456 e. The number of Topliss-reactive ketones (excluding diaryl/α,β-unsaturated/α-hetero) is 1. The zero-order valence-corrected chi connectivity index (χ0v) is 14.4. The summed E-state index contributed by atoms with van der Waals surface area (Å²) < 4.78 is 7.30. The van der Waals surface area contributed by atoms with Crippen LogP contribution in [0.3, 0.4) is 0 Å². The average Bonchev–Trinajstić information content (AvgIpc) is 3.26. The minimum absolute atomic E-state index is 0.0261. The molecule has 0 spiro atoms. The third-order valence-electron chi connectivity index (χ3n) is 4.60. The highest BCUT2D eigenvalue weighted by molar-refractivity contribution is 5.97. The molecule has 1 aliphatic rings. The summed E-state index contributed by atoms with van der Waals surface area (Å²) in [5.74, 6) is 1.15. The number of hydrogen-bond donors (Lipinski definition) is 0. The average molecular weight is 329 g/mol. The molecule has 0 bridgehead atoms. The molecular weight excluding hydrogens is 306 g/mol. The number of carbonyl (C=O) groups excluding carboxylic acids is 2.